The van der Waals surface area contributed by atoms with Crippen molar-refractivity contribution in [3.8, 4) is 0 Å². The van der Waals surface area contributed by atoms with Crippen LogP contribution < -0.4 is 4.72 Å². The molecule has 1 aliphatic rings. The molecule has 0 atom stereocenters. The first-order valence-electron chi connectivity index (χ1n) is 3.75. The number of anilines is 1. The third kappa shape index (κ3) is 1.42. The number of rotatable bonds is 0. The Morgan fingerprint density at radius 1 is 1.46 bits per heavy atom. The molecule has 0 spiro atoms. The van der Waals surface area contributed by atoms with Gasteiger partial charge in [0, 0.05) is 17.5 Å². The van der Waals surface area contributed by atoms with Crippen LogP contribution >= 0.6 is 0 Å². The highest BCUT2D eigenvalue weighted by Gasteiger charge is 2.15. The molecule has 68 valence electrons. The first-order valence-corrected chi connectivity index (χ1v) is 5.30. The van der Waals surface area contributed by atoms with Crippen molar-refractivity contribution in [1.29, 1.82) is 0 Å². The topological polar surface area (TPSA) is 59.1 Å². The fourth-order valence-electron chi connectivity index (χ4n) is 1.22. The van der Waals surface area contributed by atoms with E-state index in [1.54, 1.807) is 18.3 Å². The molecule has 0 bridgehead atoms. The van der Waals surface area contributed by atoms with Crippen LogP contribution in [0.5, 0.6) is 0 Å². The number of aryl methyl sites for hydroxylation is 1. The predicted molar refractivity (Wildman–Crippen MR) is 50.6 cm³/mol. The van der Waals surface area contributed by atoms with Crippen LogP contribution in [0.3, 0.4) is 0 Å². The van der Waals surface area contributed by atoms with Crippen LogP contribution in [0.15, 0.2) is 17.7 Å². The number of sulfonamides is 1. The predicted octanol–water partition coefficient (Wildman–Crippen LogP) is 1.12. The van der Waals surface area contributed by atoms with Crippen molar-refractivity contribution < 1.29 is 8.42 Å². The van der Waals surface area contributed by atoms with E-state index in [2.05, 4.69) is 9.71 Å². The maximum Gasteiger partial charge on any atom is 0.255 e. The smallest absolute Gasteiger partial charge is 0.255 e. The fourth-order valence-corrected chi connectivity index (χ4v) is 2.09. The maximum atomic E-state index is 11.1. The minimum atomic E-state index is -3.27. The third-order valence-corrected chi connectivity index (χ3v) is 2.85. The number of hydrogen-bond acceptors (Lipinski definition) is 3. The van der Waals surface area contributed by atoms with Crippen molar-refractivity contribution in [2.24, 2.45) is 0 Å². The summed E-state index contributed by atoms with van der Waals surface area (Å²) in [5.74, 6) is 0. The van der Waals surface area contributed by atoms with Crippen LogP contribution in [-0.4, -0.2) is 13.4 Å². The second-order valence-electron chi connectivity index (χ2n) is 2.81. The number of aromatic nitrogens is 1. The number of fused-ring (bicyclic) bond motifs is 1. The van der Waals surface area contributed by atoms with Crippen LogP contribution in [0.2, 0.25) is 0 Å². The Morgan fingerprint density at radius 2 is 2.23 bits per heavy atom. The van der Waals surface area contributed by atoms with E-state index in [9.17, 15) is 8.42 Å². The molecule has 2 heterocycles. The van der Waals surface area contributed by atoms with E-state index in [4.69, 9.17) is 0 Å². The Balaban J connectivity index is 2.65. The monoisotopic (exact) mass is 196 g/mol. The average Bonchev–Trinajstić information content (AvgIpc) is 2.02. The molecular weight excluding hydrogens is 188 g/mol. The highest BCUT2D eigenvalue weighted by Crippen LogP contribution is 2.24. The molecule has 0 aromatic carbocycles. The molecule has 4 nitrogen and oxygen atoms in total. The number of pyridine rings is 1. The van der Waals surface area contributed by atoms with Crippen LogP contribution in [0.4, 0.5) is 5.69 Å². The molecule has 1 aliphatic heterocycles. The van der Waals surface area contributed by atoms with Crippen LogP contribution in [-0.2, 0) is 10.0 Å². The van der Waals surface area contributed by atoms with E-state index in [1.165, 1.54) is 0 Å². The van der Waals surface area contributed by atoms with Gasteiger partial charge in [0.1, 0.15) is 0 Å². The zero-order valence-electron chi connectivity index (χ0n) is 6.98. The largest absolute Gasteiger partial charge is 0.279 e. The lowest BCUT2D eigenvalue weighted by Crippen LogP contribution is -2.13. The molecule has 0 aliphatic carbocycles. The SMILES string of the molecule is Cc1nccc2c1C=CS(=O)(=O)N2. The third-order valence-electron chi connectivity index (χ3n) is 1.86. The summed E-state index contributed by atoms with van der Waals surface area (Å²) >= 11 is 0. The van der Waals surface area contributed by atoms with Gasteiger partial charge in [0.15, 0.2) is 0 Å². The van der Waals surface area contributed by atoms with Crippen molar-refractivity contribution in [2.45, 2.75) is 6.92 Å². The second-order valence-corrected chi connectivity index (χ2v) is 4.37. The van der Waals surface area contributed by atoms with Crippen LogP contribution in [0.25, 0.3) is 6.08 Å². The summed E-state index contributed by atoms with van der Waals surface area (Å²) in [5, 5.41) is 1.14. The second kappa shape index (κ2) is 2.56. The van der Waals surface area contributed by atoms with Crippen LogP contribution in [0.1, 0.15) is 11.3 Å². The Kier molecular flexibility index (Phi) is 1.63. The summed E-state index contributed by atoms with van der Waals surface area (Å²) < 4.78 is 24.6. The van der Waals surface area contributed by atoms with Gasteiger partial charge in [-0.3, -0.25) is 9.71 Å². The van der Waals surface area contributed by atoms with Gasteiger partial charge in [-0.25, -0.2) is 8.42 Å². The Labute approximate surface area is 76.4 Å². The van der Waals surface area contributed by atoms with E-state index in [-0.39, 0.29) is 0 Å². The van der Waals surface area contributed by atoms with Crippen molar-refractivity contribution in [2.75, 3.05) is 4.72 Å². The van der Waals surface area contributed by atoms with Gasteiger partial charge in [0.2, 0.25) is 0 Å². The van der Waals surface area contributed by atoms with Gasteiger partial charge in [0.25, 0.3) is 10.0 Å². The van der Waals surface area contributed by atoms with Crippen molar-refractivity contribution in [1.82, 2.24) is 4.98 Å². The summed E-state index contributed by atoms with van der Waals surface area (Å²) in [6, 6.07) is 1.64. The standard InChI is InChI=1S/C8H8N2O2S/c1-6-7-3-5-13(11,12)10-8(7)2-4-9-6/h2-5,10H,1H3. The molecule has 1 N–H and O–H groups in total. The summed E-state index contributed by atoms with van der Waals surface area (Å²) in [4.78, 5) is 4.05. The minimum absolute atomic E-state index is 0.593. The molecule has 0 saturated carbocycles. The lowest BCUT2D eigenvalue weighted by Gasteiger charge is -2.13. The molecule has 0 saturated heterocycles. The molecule has 13 heavy (non-hydrogen) atoms. The average molecular weight is 196 g/mol. The zero-order valence-corrected chi connectivity index (χ0v) is 7.80. The van der Waals surface area contributed by atoms with E-state index >= 15 is 0 Å². The normalized spacial score (nSPS) is 17.6. The fraction of sp³-hybridized carbons (Fsp3) is 0.125. The molecule has 0 unspecified atom stereocenters. The van der Waals surface area contributed by atoms with E-state index in [0.29, 0.717) is 5.69 Å². The summed E-state index contributed by atoms with van der Waals surface area (Å²) in [5.41, 5.74) is 2.24. The van der Waals surface area contributed by atoms with Crippen molar-refractivity contribution >= 4 is 21.8 Å². The summed E-state index contributed by atoms with van der Waals surface area (Å²) in [7, 11) is -3.27. The minimum Gasteiger partial charge on any atom is -0.279 e. The summed E-state index contributed by atoms with van der Waals surface area (Å²) in [6.45, 7) is 1.84. The maximum absolute atomic E-state index is 11.1. The van der Waals surface area contributed by atoms with Gasteiger partial charge in [0.05, 0.1) is 11.1 Å². The highest BCUT2D eigenvalue weighted by molar-refractivity contribution is 7.95. The van der Waals surface area contributed by atoms with Gasteiger partial charge in [-0.15, -0.1) is 0 Å². The Morgan fingerprint density at radius 3 is 3.00 bits per heavy atom. The lowest BCUT2D eigenvalue weighted by molar-refractivity contribution is 0.609. The highest BCUT2D eigenvalue weighted by atomic mass is 32.2. The molecule has 0 amide bonds. The molecule has 0 fully saturated rings. The molecule has 1 aromatic heterocycles. The van der Waals surface area contributed by atoms with Crippen molar-refractivity contribution in [3.63, 3.8) is 0 Å². The van der Waals surface area contributed by atoms with Crippen molar-refractivity contribution in [3.05, 3.63) is 28.9 Å². The Hall–Kier alpha value is -1.36. The van der Waals surface area contributed by atoms with Gasteiger partial charge in [-0.2, -0.15) is 0 Å². The van der Waals surface area contributed by atoms with Crippen LogP contribution in [0, 0.1) is 6.92 Å². The number of hydrogen-bond donors (Lipinski definition) is 1. The molecule has 1 aromatic rings. The first-order chi connectivity index (χ1) is 6.08. The number of nitrogens with one attached hydrogen (secondary N) is 1. The zero-order chi connectivity index (χ0) is 9.47. The lowest BCUT2D eigenvalue weighted by atomic mass is 10.2. The van der Waals surface area contributed by atoms with Gasteiger partial charge in [-0.1, -0.05) is 0 Å². The first kappa shape index (κ1) is 8.25. The van der Waals surface area contributed by atoms with E-state index in [1.807, 2.05) is 6.92 Å². The van der Waals surface area contributed by atoms with E-state index in [0.717, 1.165) is 16.7 Å². The van der Waals surface area contributed by atoms with Gasteiger partial charge in [-0.05, 0) is 19.1 Å². The summed E-state index contributed by atoms with van der Waals surface area (Å²) in [6.07, 6.45) is 3.14. The molecule has 0 radical (unpaired) electrons. The molecular formula is C8H8N2O2S. The van der Waals surface area contributed by atoms with E-state index < -0.39 is 10.0 Å². The molecule has 5 heteroatoms. The quantitative estimate of drug-likeness (QED) is 0.676. The van der Waals surface area contributed by atoms with Gasteiger partial charge >= 0.3 is 0 Å². The Bertz CT molecular complexity index is 477. The van der Waals surface area contributed by atoms with Gasteiger partial charge < -0.3 is 0 Å². The number of nitrogens with zero attached hydrogens (tertiary/aromatic N) is 1. The molecule has 2 rings (SSSR count).